The lowest BCUT2D eigenvalue weighted by atomic mass is 10.0. The molecule has 1 heterocycles. The van der Waals surface area contributed by atoms with Crippen LogP contribution < -0.4 is 14.8 Å². The van der Waals surface area contributed by atoms with E-state index in [2.05, 4.69) is 39.1 Å². The summed E-state index contributed by atoms with van der Waals surface area (Å²) in [7, 11) is 1.95. The molecule has 0 saturated carbocycles. The Labute approximate surface area is 116 Å². The van der Waals surface area contributed by atoms with Gasteiger partial charge < -0.3 is 14.8 Å². The highest BCUT2D eigenvalue weighted by Gasteiger charge is 2.34. The molecule has 3 heteroatoms. The van der Waals surface area contributed by atoms with Crippen LogP contribution in [0.3, 0.4) is 0 Å². The molecule has 0 amide bonds. The van der Waals surface area contributed by atoms with E-state index in [4.69, 9.17) is 9.47 Å². The van der Waals surface area contributed by atoms with E-state index < -0.39 is 0 Å². The molecule has 3 nitrogen and oxygen atoms in total. The number of hydrogen-bond donors (Lipinski definition) is 1. The van der Waals surface area contributed by atoms with Crippen LogP contribution in [0.4, 0.5) is 0 Å². The predicted molar refractivity (Wildman–Crippen MR) is 78.1 cm³/mol. The van der Waals surface area contributed by atoms with Gasteiger partial charge in [-0.1, -0.05) is 19.1 Å². The van der Waals surface area contributed by atoms with Crippen molar-refractivity contribution in [3.8, 4) is 11.5 Å². The standard InChI is InChI=1S/C16H25NO2/c1-6-16(4,11-17-5)18-13-9-7-8-12-10-15(2,3)19-14(12)13/h7-9,17H,6,10-11H2,1-5H3. The summed E-state index contributed by atoms with van der Waals surface area (Å²) < 4.78 is 12.3. The number of likely N-dealkylation sites (N-methyl/N-ethyl adjacent to an activating group) is 1. The second kappa shape index (κ2) is 5.04. The molecule has 1 aliphatic heterocycles. The highest BCUT2D eigenvalue weighted by Crippen LogP contribution is 2.43. The number of hydrogen-bond acceptors (Lipinski definition) is 3. The van der Waals surface area contributed by atoms with E-state index >= 15 is 0 Å². The van der Waals surface area contributed by atoms with Crippen molar-refractivity contribution in [2.75, 3.05) is 13.6 Å². The van der Waals surface area contributed by atoms with Crippen LogP contribution >= 0.6 is 0 Å². The van der Waals surface area contributed by atoms with Crippen LogP contribution in [0.15, 0.2) is 18.2 Å². The Balaban J connectivity index is 2.26. The second-order valence-corrected chi connectivity index (χ2v) is 6.22. The lowest BCUT2D eigenvalue weighted by Gasteiger charge is -2.30. The van der Waals surface area contributed by atoms with E-state index in [-0.39, 0.29) is 11.2 Å². The summed E-state index contributed by atoms with van der Waals surface area (Å²) in [5.74, 6) is 1.78. The topological polar surface area (TPSA) is 30.5 Å². The van der Waals surface area contributed by atoms with Gasteiger partial charge in [0.15, 0.2) is 11.5 Å². The van der Waals surface area contributed by atoms with Gasteiger partial charge >= 0.3 is 0 Å². The van der Waals surface area contributed by atoms with E-state index in [0.717, 1.165) is 30.9 Å². The van der Waals surface area contributed by atoms with Crippen molar-refractivity contribution >= 4 is 0 Å². The summed E-state index contributed by atoms with van der Waals surface area (Å²) in [6.07, 6.45) is 1.88. The van der Waals surface area contributed by atoms with Crippen molar-refractivity contribution < 1.29 is 9.47 Å². The predicted octanol–water partition coefficient (Wildman–Crippen LogP) is 3.17. The molecule has 19 heavy (non-hydrogen) atoms. The van der Waals surface area contributed by atoms with E-state index in [1.54, 1.807) is 0 Å². The molecule has 0 bridgehead atoms. The smallest absolute Gasteiger partial charge is 0.165 e. The molecular weight excluding hydrogens is 238 g/mol. The molecule has 0 aromatic heterocycles. The van der Waals surface area contributed by atoms with Gasteiger partial charge in [-0.3, -0.25) is 0 Å². The monoisotopic (exact) mass is 263 g/mol. The Morgan fingerprint density at radius 1 is 1.42 bits per heavy atom. The van der Waals surface area contributed by atoms with Gasteiger partial charge in [0.05, 0.1) is 0 Å². The summed E-state index contributed by atoms with van der Waals surface area (Å²) >= 11 is 0. The fourth-order valence-electron chi connectivity index (χ4n) is 2.54. The summed E-state index contributed by atoms with van der Waals surface area (Å²) in [6.45, 7) is 9.32. The third-order valence-corrected chi connectivity index (χ3v) is 3.71. The molecule has 1 unspecified atom stereocenters. The van der Waals surface area contributed by atoms with Gasteiger partial charge in [-0.25, -0.2) is 0 Å². The Morgan fingerprint density at radius 3 is 2.79 bits per heavy atom. The molecule has 1 aromatic rings. The highest BCUT2D eigenvalue weighted by atomic mass is 16.5. The first-order chi connectivity index (χ1) is 8.89. The van der Waals surface area contributed by atoms with Crippen LogP contribution in [0.25, 0.3) is 0 Å². The van der Waals surface area contributed by atoms with Crippen molar-refractivity contribution in [3.05, 3.63) is 23.8 Å². The first kappa shape index (κ1) is 14.2. The van der Waals surface area contributed by atoms with Crippen molar-refractivity contribution in [2.24, 2.45) is 0 Å². The maximum Gasteiger partial charge on any atom is 0.165 e. The summed E-state index contributed by atoms with van der Waals surface area (Å²) in [5, 5.41) is 3.20. The van der Waals surface area contributed by atoms with Crippen molar-refractivity contribution in [1.82, 2.24) is 5.32 Å². The molecule has 2 rings (SSSR count). The Bertz CT molecular complexity index is 456. The Hall–Kier alpha value is -1.22. The number of benzene rings is 1. The minimum atomic E-state index is -0.208. The highest BCUT2D eigenvalue weighted by molar-refractivity contribution is 5.50. The van der Waals surface area contributed by atoms with Gasteiger partial charge in [-0.15, -0.1) is 0 Å². The van der Waals surface area contributed by atoms with E-state index in [1.807, 2.05) is 19.2 Å². The first-order valence-corrected chi connectivity index (χ1v) is 7.04. The zero-order chi connectivity index (χ0) is 14.1. The number of fused-ring (bicyclic) bond motifs is 1. The molecule has 0 saturated heterocycles. The number of rotatable bonds is 5. The van der Waals surface area contributed by atoms with Gasteiger partial charge in [0.2, 0.25) is 0 Å². The maximum atomic E-state index is 6.24. The zero-order valence-electron chi connectivity index (χ0n) is 12.7. The fraction of sp³-hybridized carbons (Fsp3) is 0.625. The molecule has 0 aliphatic carbocycles. The van der Waals surface area contributed by atoms with E-state index in [1.165, 1.54) is 5.56 Å². The molecule has 1 N–H and O–H groups in total. The summed E-state index contributed by atoms with van der Waals surface area (Å²) in [6, 6.07) is 6.18. The van der Waals surface area contributed by atoms with E-state index in [9.17, 15) is 0 Å². The zero-order valence-corrected chi connectivity index (χ0v) is 12.7. The van der Waals surface area contributed by atoms with Crippen molar-refractivity contribution in [2.45, 2.75) is 51.7 Å². The van der Waals surface area contributed by atoms with Gasteiger partial charge in [0.25, 0.3) is 0 Å². The minimum absolute atomic E-state index is 0.132. The van der Waals surface area contributed by atoms with Gasteiger partial charge in [0.1, 0.15) is 11.2 Å². The van der Waals surface area contributed by atoms with Crippen LogP contribution in [-0.2, 0) is 6.42 Å². The molecule has 1 aliphatic rings. The third kappa shape index (κ3) is 3.03. The third-order valence-electron chi connectivity index (χ3n) is 3.71. The molecule has 0 spiro atoms. The van der Waals surface area contributed by atoms with Gasteiger partial charge in [0, 0.05) is 18.5 Å². The van der Waals surface area contributed by atoms with Crippen LogP contribution in [0.5, 0.6) is 11.5 Å². The van der Waals surface area contributed by atoms with E-state index in [0.29, 0.717) is 0 Å². The molecule has 106 valence electrons. The van der Waals surface area contributed by atoms with Gasteiger partial charge in [-0.2, -0.15) is 0 Å². The lowest BCUT2D eigenvalue weighted by Crippen LogP contribution is -2.41. The second-order valence-electron chi connectivity index (χ2n) is 6.22. The number of ether oxygens (including phenoxy) is 2. The van der Waals surface area contributed by atoms with Crippen molar-refractivity contribution in [3.63, 3.8) is 0 Å². The average molecular weight is 263 g/mol. The normalized spacial score (nSPS) is 19.4. The van der Waals surface area contributed by atoms with Crippen molar-refractivity contribution in [1.29, 1.82) is 0 Å². The quantitative estimate of drug-likeness (QED) is 0.885. The minimum Gasteiger partial charge on any atom is -0.483 e. The number of nitrogens with one attached hydrogen (secondary N) is 1. The SMILES string of the molecule is CCC(C)(CNC)Oc1cccc2c1OC(C)(C)C2. The first-order valence-electron chi connectivity index (χ1n) is 7.04. The Morgan fingerprint density at radius 2 is 2.16 bits per heavy atom. The largest absolute Gasteiger partial charge is 0.483 e. The Kier molecular flexibility index (Phi) is 3.77. The molecule has 1 aromatic carbocycles. The maximum absolute atomic E-state index is 6.24. The average Bonchev–Trinajstić information content (AvgIpc) is 2.65. The number of para-hydroxylation sites is 1. The summed E-state index contributed by atoms with van der Waals surface area (Å²) in [5.41, 5.74) is 0.901. The lowest BCUT2D eigenvalue weighted by molar-refractivity contribution is 0.0729. The van der Waals surface area contributed by atoms with Gasteiger partial charge in [-0.05, 0) is 40.3 Å². The molecular formula is C16H25NO2. The van der Waals surface area contributed by atoms with Crippen LogP contribution in [0, 0.1) is 0 Å². The molecule has 0 fully saturated rings. The molecule has 1 atom stereocenters. The fourth-order valence-corrected chi connectivity index (χ4v) is 2.54. The summed E-state index contributed by atoms with van der Waals surface area (Å²) in [4.78, 5) is 0. The molecule has 0 radical (unpaired) electrons. The van der Waals surface area contributed by atoms with Crippen LogP contribution in [0.2, 0.25) is 0 Å². The van der Waals surface area contributed by atoms with Crippen LogP contribution in [0.1, 0.15) is 39.7 Å². The van der Waals surface area contributed by atoms with Crippen LogP contribution in [-0.4, -0.2) is 24.8 Å².